The van der Waals surface area contributed by atoms with Gasteiger partial charge in [0, 0.05) is 25.8 Å². The van der Waals surface area contributed by atoms with Gasteiger partial charge in [0.25, 0.3) is 11.7 Å². The number of carbonyl (C=O) groups is 2. The summed E-state index contributed by atoms with van der Waals surface area (Å²) in [6, 6.07) is 5.68. The molecule has 6 nitrogen and oxygen atoms in total. The number of hydrogen-bond donors (Lipinski definition) is 1. The number of methoxy groups -OCH3 is 1. The second-order valence-electron chi connectivity index (χ2n) is 7.06. The highest BCUT2D eigenvalue weighted by Gasteiger charge is 2.36. The fourth-order valence-corrected chi connectivity index (χ4v) is 4.24. The fraction of sp³-hybridized carbons (Fsp3) is 0.474. The van der Waals surface area contributed by atoms with Gasteiger partial charge in [0.1, 0.15) is 5.75 Å². The van der Waals surface area contributed by atoms with E-state index < -0.39 is 11.7 Å². The number of nitrogens with one attached hydrogen (secondary N) is 1. The van der Waals surface area contributed by atoms with Gasteiger partial charge in [0.05, 0.1) is 23.6 Å². The number of benzene rings is 1. The van der Waals surface area contributed by atoms with Crippen LogP contribution in [0.1, 0.15) is 23.2 Å². The molecule has 132 valence electrons. The summed E-state index contributed by atoms with van der Waals surface area (Å²) in [5.74, 6) is 0.0876. The molecule has 6 heteroatoms. The molecule has 5 rings (SSSR count). The van der Waals surface area contributed by atoms with Crippen LogP contribution >= 0.6 is 0 Å². The zero-order valence-electron chi connectivity index (χ0n) is 14.6. The van der Waals surface area contributed by atoms with Crippen LogP contribution in [0.15, 0.2) is 24.4 Å². The van der Waals surface area contributed by atoms with Crippen molar-refractivity contribution in [3.8, 4) is 5.75 Å². The molecule has 25 heavy (non-hydrogen) atoms. The quantitative estimate of drug-likeness (QED) is 0.677. The van der Waals surface area contributed by atoms with Gasteiger partial charge in [-0.25, -0.2) is 0 Å². The van der Waals surface area contributed by atoms with Crippen molar-refractivity contribution in [2.45, 2.75) is 18.9 Å². The Kier molecular flexibility index (Phi) is 4.00. The van der Waals surface area contributed by atoms with Gasteiger partial charge < -0.3 is 19.5 Å². The van der Waals surface area contributed by atoms with Gasteiger partial charge in [0.2, 0.25) is 0 Å². The Hall–Kier alpha value is -2.34. The molecule has 4 heterocycles. The third-order valence-electron chi connectivity index (χ3n) is 5.62. The molecule has 1 atom stereocenters. The van der Waals surface area contributed by atoms with Crippen molar-refractivity contribution in [1.29, 1.82) is 0 Å². The van der Waals surface area contributed by atoms with Crippen LogP contribution < -0.4 is 10.1 Å². The van der Waals surface area contributed by atoms with Crippen molar-refractivity contribution in [2.75, 3.05) is 26.7 Å². The van der Waals surface area contributed by atoms with Crippen LogP contribution in [-0.2, 0) is 11.8 Å². The molecule has 0 unspecified atom stereocenters. The summed E-state index contributed by atoms with van der Waals surface area (Å²) in [6.07, 6.45) is 3.91. The normalized spacial score (nSPS) is 25.1. The minimum atomic E-state index is -0.517. The summed E-state index contributed by atoms with van der Waals surface area (Å²) in [7, 11) is 3.44. The van der Waals surface area contributed by atoms with E-state index in [4.69, 9.17) is 4.74 Å². The van der Waals surface area contributed by atoms with Crippen LogP contribution in [0.2, 0.25) is 0 Å². The van der Waals surface area contributed by atoms with E-state index in [1.165, 1.54) is 0 Å². The molecule has 1 aromatic carbocycles. The molecule has 0 radical (unpaired) electrons. The Labute approximate surface area is 146 Å². The summed E-state index contributed by atoms with van der Waals surface area (Å²) < 4.78 is 7.25. The molecule has 1 N–H and O–H groups in total. The first-order chi connectivity index (χ1) is 12.1. The second kappa shape index (κ2) is 6.19. The average Bonchev–Trinajstić information content (AvgIpc) is 2.99. The van der Waals surface area contributed by atoms with Gasteiger partial charge in [0.15, 0.2) is 0 Å². The van der Waals surface area contributed by atoms with Crippen LogP contribution in [0.25, 0.3) is 10.9 Å². The zero-order valence-corrected chi connectivity index (χ0v) is 14.6. The summed E-state index contributed by atoms with van der Waals surface area (Å²) in [5, 5.41) is 3.68. The van der Waals surface area contributed by atoms with E-state index in [1.54, 1.807) is 13.3 Å². The van der Waals surface area contributed by atoms with Gasteiger partial charge in [-0.15, -0.1) is 0 Å². The SMILES string of the molecule is COc1cccc2c1c(C(=O)C(=O)N[C@@H]1CN3CCC1CC3)cn2C. The predicted molar refractivity (Wildman–Crippen MR) is 94.9 cm³/mol. The first kappa shape index (κ1) is 16.1. The van der Waals surface area contributed by atoms with Gasteiger partial charge >= 0.3 is 0 Å². The van der Waals surface area contributed by atoms with Crippen molar-refractivity contribution < 1.29 is 14.3 Å². The maximum Gasteiger partial charge on any atom is 0.292 e. The van der Waals surface area contributed by atoms with Crippen molar-refractivity contribution in [3.05, 3.63) is 30.0 Å². The van der Waals surface area contributed by atoms with Crippen LogP contribution in [0.5, 0.6) is 5.75 Å². The monoisotopic (exact) mass is 341 g/mol. The molecule has 0 aliphatic carbocycles. The highest BCUT2D eigenvalue weighted by atomic mass is 16.5. The molecule has 2 bridgehead atoms. The molecular formula is C19H23N3O3. The minimum absolute atomic E-state index is 0.0795. The van der Waals surface area contributed by atoms with Crippen LogP contribution in [0, 0.1) is 5.92 Å². The number of rotatable bonds is 4. The lowest BCUT2D eigenvalue weighted by atomic mass is 9.84. The van der Waals surface area contributed by atoms with Crippen LogP contribution in [0.3, 0.4) is 0 Å². The number of aryl methyl sites for hydroxylation is 1. The second-order valence-corrected chi connectivity index (χ2v) is 7.06. The van der Waals surface area contributed by atoms with E-state index >= 15 is 0 Å². The van der Waals surface area contributed by atoms with E-state index in [2.05, 4.69) is 10.2 Å². The Bertz CT molecular complexity index is 834. The molecular weight excluding hydrogens is 318 g/mol. The third kappa shape index (κ3) is 2.70. The largest absolute Gasteiger partial charge is 0.496 e. The molecule has 3 saturated heterocycles. The number of fused-ring (bicyclic) bond motifs is 4. The summed E-state index contributed by atoms with van der Waals surface area (Å²) in [6.45, 7) is 3.06. The highest BCUT2D eigenvalue weighted by molar-refractivity contribution is 6.45. The first-order valence-corrected chi connectivity index (χ1v) is 8.78. The number of Topliss-reactive ketones (excluding diaryl/α,β-unsaturated/α-hetero) is 1. The number of piperidine rings is 3. The average molecular weight is 341 g/mol. The van der Waals surface area contributed by atoms with Gasteiger partial charge in [-0.3, -0.25) is 9.59 Å². The van der Waals surface area contributed by atoms with Crippen molar-refractivity contribution in [1.82, 2.24) is 14.8 Å². The third-order valence-corrected chi connectivity index (χ3v) is 5.62. The van der Waals surface area contributed by atoms with Gasteiger partial charge in [-0.2, -0.15) is 0 Å². The van der Waals surface area contributed by atoms with E-state index in [1.807, 2.05) is 29.8 Å². The number of hydrogen-bond acceptors (Lipinski definition) is 4. The summed E-state index contributed by atoms with van der Waals surface area (Å²) in [4.78, 5) is 27.8. The molecule has 1 amide bonds. The molecule has 3 fully saturated rings. The topological polar surface area (TPSA) is 63.6 Å². The predicted octanol–water partition coefficient (Wildman–Crippen LogP) is 1.58. The molecule has 3 aliphatic rings. The lowest BCUT2D eigenvalue weighted by Crippen LogP contribution is -2.58. The number of aromatic nitrogens is 1. The maximum atomic E-state index is 12.8. The molecule has 0 spiro atoms. The van der Waals surface area contributed by atoms with E-state index in [0.717, 1.165) is 38.0 Å². The molecule has 0 saturated carbocycles. The summed E-state index contributed by atoms with van der Waals surface area (Å²) in [5.41, 5.74) is 1.27. The first-order valence-electron chi connectivity index (χ1n) is 8.78. The van der Waals surface area contributed by atoms with Gasteiger partial charge in [-0.1, -0.05) is 6.07 Å². The maximum absolute atomic E-state index is 12.8. The number of ketones is 1. The lowest BCUT2D eigenvalue weighted by Gasteiger charge is -2.44. The van der Waals surface area contributed by atoms with Crippen molar-refractivity contribution in [3.63, 3.8) is 0 Å². The minimum Gasteiger partial charge on any atom is -0.496 e. The Morgan fingerprint density at radius 2 is 2.00 bits per heavy atom. The number of nitrogens with zero attached hydrogens (tertiary/aromatic N) is 2. The number of ether oxygens (including phenoxy) is 1. The standard InChI is InChI=1S/C19H23N3O3/c1-21-10-13(17-15(21)4-3-5-16(17)25-2)18(23)19(24)20-14-11-22-8-6-12(14)7-9-22/h3-5,10,12,14H,6-9,11H2,1-2H3,(H,20,24)/t14-/m1/s1. The van der Waals surface area contributed by atoms with Gasteiger partial charge in [-0.05, 0) is 44.0 Å². The Balaban J connectivity index is 1.60. The highest BCUT2D eigenvalue weighted by Crippen LogP contribution is 2.31. The number of amides is 1. The molecule has 1 aromatic heterocycles. The van der Waals surface area contributed by atoms with Crippen LogP contribution in [-0.4, -0.2) is 53.9 Å². The van der Waals surface area contributed by atoms with E-state index in [-0.39, 0.29) is 6.04 Å². The van der Waals surface area contributed by atoms with E-state index in [9.17, 15) is 9.59 Å². The molecule has 2 aromatic rings. The Morgan fingerprint density at radius 3 is 2.64 bits per heavy atom. The smallest absolute Gasteiger partial charge is 0.292 e. The fourth-order valence-electron chi connectivity index (χ4n) is 4.24. The molecule has 3 aliphatic heterocycles. The lowest BCUT2D eigenvalue weighted by molar-refractivity contribution is -0.119. The number of carbonyl (C=O) groups excluding carboxylic acids is 2. The van der Waals surface area contributed by atoms with Crippen molar-refractivity contribution >= 4 is 22.6 Å². The van der Waals surface area contributed by atoms with E-state index in [0.29, 0.717) is 22.6 Å². The van der Waals surface area contributed by atoms with Crippen LogP contribution in [0.4, 0.5) is 0 Å². The zero-order chi connectivity index (χ0) is 17.6. The summed E-state index contributed by atoms with van der Waals surface area (Å²) >= 11 is 0. The Morgan fingerprint density at radius 1 is 1.24 bits per heavy atom. The van der Waals surface area contributed by atoms with Crippen molar-refractivity contribution in [2.24, 2.45) is 13.0 Å².